The van der Waals surface area contributed by atoms with Crippen molar-refractivity contribution >= 4 is 22.6 Å². The first-order valence-electron chi connectivity index (χ1n) is 12.5. The Labute approximate surface area is 207 Å². The van der Waals surface area contributed by atoms with Crippen LogP contribution < -0.4 is 9.64 Å². The quantitative estimate of drug-likeness (QED) is 0.284. The summed E-state index contributed by atoms with van der Waals surface area (Å²) in [6.45, 7) is 8.49. The van der Waals surface area contributed by atoms with Gasteiger partial charge in [-0.1, -0.05) is 35.9 Å². The van der Waals surface area contributed by atoms with E-state index in [0.29, 0.717) is 19.6 Å². The number of aryl methyl sites for hydroxylation is 4. The van der Waals surface area contributed by atoms with E-state index in [1.165, 1.54) is 16.7 Å². The molecule has 1 aliphatic rings. The van der Waals surface area contributed by atoms with Crippen LogP contribution in [0.2, 0.25) is 0 Å². The molecule has 1 amide bonds. The maximum Gasteiger partial charge on any atom is 0.227 e. The number of fused-ring (bicyclic) bond motifs is 1. The minimum absolute atomic E-state index is 0.0836. The number of unbranched alkanes of at least 4 members (excludes halogenated alkanes) is 1. The number of aromatic nitrogens is 2. The van der Waals surface area contributed by atoms with E-state index in [-0.39, 0.29) is 11.8 Å². The number of rotatable bonds is 8. The molecule has 0 radical (unpaired) electrons. The number of hydrogen-bond acceptors (Lipinski definition) is 3. The summed E-state index contributed by atoms with van der Waals surface area (Å²) < 4.78 is 8.24. The Hall–Kier alpha value is -3.60. The third-order valence-corrected chi connectivity index (χ3v) is 7.04. The van der Waals surface area contributed by atoms with Crippen molar-refractivity contribution in [2.45, 2.75) is 52.5 Å². The van der Waals surface area contributed by atoms with Crippen molar-refractivity contribution in [3.05, 3.63) is 89.2 Å². The molecule has 1 atom stereocenters. The first kappa shape index (κ1) is 23.2. The monoisotopic (exact) mass is 467 g/mol. The SMILES string of the molecule is Cc1ccc(OCCCCn2c(C3CC(=O)N(c4ccc(C)c(C)c4)C3)nc3ccccc32)cc1. The minimum Gasteiger partial charge on any atom is -0.494 e. The maximum absolute atomic E-state index is 13.0. The van der Waals surface area contributed by atoms with Crippen molar-refractivity contribution in [3.63, 3.8) is 0 Å². The second-order valence-electron chi connectivity index (χ2n) is 9.65. The van der Waals surface area contributed by atoms with Gasteiger partial charge in [0.2, 0.25) is 5.91 Å². The summed E-state index contributed by atoms with van der Waals surface area (Å²) in [6, 6.07) is 22.7. The molecule has 180 valence electrons. The Morgan fingerprint density at radius 3 is 2.54 bits per heavy atom. The van der Waals surface area contributed by atoms with Gasteiger partial charge in [0.05, 0.1) is 17.6 Å². The number of carbonyl (C=O) groups is 1. The molecule has 5 heteroatoms. The first-order valence-corrected chi connectivity index (χ1v) is 12.5. The summed E-state index contributed by atoms with van der Waals surface area (Å²) in [4.78, 5) is 19.9. The molecule has 1 aliphatic heterocycles. The number of para-hydroxylation sites is 2. The zero-order chi connectivity index (χ0) is 24.4. The van der Waals surface area contributed by atoms with Crippen LogP contribution in [0, 0.1) is 20.8 Å². The van der Waals surface area contributed by atoms with Crippen molar-refractivity contribution in [1.29, 1.82) is 0 Å². The van der Waals surface area contributed by atoms with Gasteiger partial charge in [-0.15, -0.1) is 0 Å². The Kier molecular flexibility index (Phi) is 6.58. The number of hydrogen-bond donors (Lipinski definition) is 0. The zero-order valence-electron chi connectivity index (χ0n) is 20.8. The van der Waals surface area contributed by atoms with Gasteiger partial charge < -0.3 is 14.2 Å². The maximum atomic E-state index is 13.0. The van der Waals surface area contributed by atoms with Crippen LogP contribution in [0.25, 0.3) is 11.0 Å². The van der Waals surface area contributed by atoms with E-state index in [4.69, 9.17) is 9.72 Å². The second-order valence-corrected chi connectivity index (χ2v) is 9.65. The van der Waals surface area contributed by atoms with Crippen molar-refractivity contribution < 1.29 is 9.53 Å². The second kappa shape index (κ2) is 9.95. The van der Waals surface area contributed by atoms with Crippen LogP contribution in [0.15, 0.2) is 66.7 Å². The molecule has 5 nitrogen and oxygen atoms in total. The van der Waals surface area contributed by atoms with Crippen LogP contribution in [0.5, 0.6) is 5.75 Å². The Morgan fingerprint density at radius 2 is 1.74 bits per heavy atom. The third kappa shape index (κ3) is 4.95. The summed E-state index contributed by atoms with van der Waals surface area (Å²) in [5.74, 6) is 2.19. The average Bonchev–Trinajstić information content (AvgIpc) is 3.42. The van der Waals surface area contributed by atoms with Crippen LogP contribution in [0.1, 0.15) is 47.7 Å². The van der Waals surface area contributed by atoms with Gasteiger partial charge >= 0.3 is 0 Å². The predicted octanol–water partition coefficient (Wildman–Crippen LogP) is 6.34. The van der Waals surface area contributed by atoms with Gasteiger partial charge in [0, 0.05) is 31.1 Å². The molecular formula is C30H33N3O2. The molecule has 2 heterocycles. The van der Waals surface area contributed by atoms with Crippen molar-refractivity contribution in [2.24, 2.45) is 0 Å². The smallest absolute Gasteiger partial charge is 0.227 e. The topological polar surface area (TPSA) is 47.4 Å². The van der Waals surface area contributed by atoms with E-state index in [1.54, 1.807) is 0 Å². The normalized spacial score (nSPS) is 15.8. The molecule has 3 aromatic carbocycles. The summed E-state index contributed by atoms with van der Waals surface area (Å²) >= 11 is 0. The third-order valence-electron chi connectivity index (χ3n) is 7.04. The summed E-state index contributed by atoms with van der Waals surface area (Å²) in [6.07, 6.45) is 2.44. The van der Waals surface area contributed by atoms with E-state index in [1.807, 2.05) is 23.1 Å². The highest BCUT2D eigenvalue weighted by molar-refractivity contribution is 5.96. The molecule has 1 aromatic heterocycles. The van der Waals surface area contributed by atoms with Crippen LogP contribution in [0.3, 0.4) is 0 Å². The van der Waals surface area contributed by atoms with Crippen molar-refractivity contribution in [1.82, 2.24) is 9.55 Å². The van der Waals surface area contributed by atoms with Gasteiger partial charge in [-0.25, -0.2) is 4.98 Å². The highest BCUT2D eigenvalue weighted by Gasteiger charge is 2.34. The Bertz CT molecular complexity index is 1340. The number of nitrogens with zero attached hydrogens (tertiary/aromatic N) is 3. The Morgan fingerprint density at radius 1 is 0.943 bits per heavy atom. The lowest BCUT2D eigenvalue weighted by Crippen LogP contribution is -2.24. The average molecular weight is 468 g/mol. The standard InChI is InChI=1S/C30H33N3O2/c1-21-10-14-26(15-11-21)35-17-7-6-16-32-28-9-5-4-8-27(28)31-30(32)24-19-29(34)33(20-24)25-13-12-22(2)23(3)18-25/h4-5,8-15,18,24H,6-7,16-17,19-20H2,1-3H3. The van der Waals surface area contributed by atoms with E-state index in [9.17, 15) is 4.79 Å². The largest absolute Gasteiger partial charge is 0.494 e. The van der Waals surface area contributed by atoms with E-state index >= 15 is 0 Å². The molecule has 0 spiro atoms. The fourth-order valence-electron chi connectivity index (χ4n) is 4.86. The molecule has 1 saturated heterocycles. The highest BCUT2D eigenvalue weighted by atomic mass is 16.5. The number of benzene rings is 3. The molecule has 0 aliphatic carbocycles. The molecular weight excluding hydrogens is 434 g/mol. The van der Waals surface area contributed by atoms with E-state index in [0.717, 1.165) is 47.7 Å². The molecule has 0 bridgehead atoms. The van der Waals surface area contributed by atoms with Crippen LogP contribution in [-0.2, 0) is 11.3 Å². The van der Waals surface area contributed by atoms with E-state index < -0.39 is 0 Å². The lowest BCUT2D eigenvalue weighted by molar-refractivity contribution is -0.117. The fourth-order valence-corrected chi connectivity index (χ4v) is 4.86. The predicted molar refractivity (Wildman–Crippen MR) is 141 cm³/mol. The van der Waals surface area contributed by atoms with Crippen LogP contribution >= 0.6 is 0 Å². The van der Waals surface area contributed by atoms with Crippen molar-refractivity contribution in [2.75, 3.05) is 18.1 Å². The molecule has 4 aromatic rings. The van der Waals surface area contributed by atoms with Gasteiger partial charge in [-0.3, -0.25) is 4.79 Å². The first-order chi connectivity index (χ1) is 17.0. The Balaban J connectivity index is 1.30. The number of imidazole rings is 1. The lowest BCUT2D eigenvalue weighted by Gasteiger charge is -2.18. The molecule has 0 saturated carbocycles. The molecule has 1 fully saturated rings. The highest BCUT2D eigenvalue weighted by Crippen LogP contribution is 2.34. The lowest BCUT2D eigenvalue weighted by atomic mass is 10.1. The number of anilines is 1. The van der Waals surface area contributed by atoms with Gasteiger partial charge in [0.15, 0.2) is 0 Å². The van der Waals surface area contributed by atoms with Crippen LogP contribution in [0.4, 0.5) is 5.69 Å². The van der Waals surface area contributed by atoms with Gasteiger partial charge in [-0.05, 0) is 81.1 Å². The van der Waals surface area contributed by atoms with Crippen LogP contribution in [-0.4, -0.2) is 28.6 Å². The molecule has 1 unspecified atom stereocenters. The fraction of sp³-hybridized carbons (Fsp3) is 0.333. The minimum atomic E-state index is 0.0836. The van der Waals surface area contributed by atoms with Gasteiger partial charge in [0.1, 0.15) is 11.6 Å². The molecule has 0 N–H and O–H groups in total. The number of amides is 1. The number of ether oxygens (including phenoxy) is 1. The number of carbonyl (C=O) groups excluding carboxylic acids is 1. The summed E-state index contributed by atoms with van der Waals surface area (Å²) in [7, 11) is 0. The summed E-state index contributed by atoms with van der Waals surface area (Å²) in [5, 5.41) is 0. The summed E-state index contributed by atoms with van der Waals surface area (Å²) in [5.41, 5.74) is 6.80. The molecule has 5 rings (SSSR count). The van der Waals surface area contributed by atoms with Gasteiger partial charge in [0.25, 0.3) is 0 Å². The molecule has 35 heavy (non-hydrogen) atoms. The van der Waals surface area contributed by atoms with E-state index in [2.05, 4.69) is 73.9 Å². The zero-order valence-corrected chi connectivity index (χ0v) is 20.8. The van der Waals surface area contributed by atoms with Crippen molar-refractivity contribution in [3.8, 4) is 5.75 Å². The van der Waals surface area contributed by atoms with Gasteiger partial charge in [-0.2, -0.15) is 0 Å².